The fourth-order valence-corrected chi connectivity index (χ4v) is 11.8. The average molecular weight is 906 g/mol. The number of hydrogen-bond donors (Lipinski definition) is 0. The fourth-order valence-electron chi connectivity index (χ4n) is 11.8. The normalized spacial score (nSPS) is 14.6. The minimum atomic E-state index is -0.672. The third-order valence-corrected chi connectivity index (χ3v) is 14.8. The summed E-state index contributed by atoms with van der Waals surface area (Å²) in [6, 6.07) is 77.7. The van der Waals surface area contributed by atoms with E-state index < -0.39 is 5.41 Å². The lowest BCUT2D eigenvalue weighted by Crippen LogP contribution is -2.26. The van der Waals surface area contributed by atoms with Crippen LogP contribution in [0.2, 0.25) is 0 Å². The summed E-state index contributed by atoms with van der Waals surface area (Å²) in [6.45, 7) is 0. The SMILES string of the molecule is c1ccc(N2c3ccccc3Oc3c2ccc2c3-c3ccccc3C23c2cccnc2-c2nc(-c4cccc(-c5cc(-c6cccc7cccnc67)cc(-c6cccc7cccnc67)c5)c4)ccc23)cc1. The van der Waals surface area contributed by atoms with E-state index in [1.165, 1.54) is 5.56 Å². The third-order valence-electron chi connectivity index (χ3n) is 14.8. The number of ether oxygens (including phenoxy) is 1. The molecule has 2 aliphatic carbocycles. The van der Waals surface area contributed by atoms with Gasteiger partial charge in [0.05, 0.1) is 44.9 Å². The molecule has 0 saturated carbocycles. The molecule has 6 nitrogen and oxygen atoms in total. The van der Waals surface area contributed by atoms with Crippen LogP contribution < -0.4 is 9.64 Å². The van der Waals surface area contributed by atoms with E-state index in [2.05, 4.69) is 205 Å². The zero-order valence-corrected chi connectivity index (χ0v) is 38.2. The zero-order valence-electron chi connectivity index (χ0n) is 38.2. The van der Waals surface area contributed by atoms with Gasteiger partial charge in [-0.2, -0.15) is 0 Å². The van der Waals surface area contributed by atoms with E-state index in [9.17, 15) is 0 Å². The van der Waals surface area contributed by atoms with Crippen LogP contribution >= 0.6 is 0 Å². The number of nitrogens with zero attached hydrogens (tertiary/aromatic N) is 5. The van der Waals surface area contributed by atoms with Crippen molar-refractivity contribution in [1.29, 1.82) is 0 Å². The van der Waals surface area contributed by atoms with Crippen molar-refractivity contribution in [3.63, 3.8) is 0 Å². The van der Waals surface area contributed by atoms with Gasteiger partial charge >= 0.3 is 0 Å². The van der Waals surface area contributed by atoms with E-state index in [4.69, 9.17) is 24.7 Å². The van der Waals surface area contributed by atoms with E-state index in [1.807, 2.05) is 36.8 Å². The zero-order chi connectivity index (χ0) is 46.6. The van der Waals surface area contributed by atoms with Gasteiger partial charge in [0, 0.05) is 57.3 Å². The lowest BCUT2D eigenvalue weighted by atomic mass is 9.71. The summed E-state index contributed by atoms with van der Waals surface area (Å²) in [6.07, 6.45) is 5.64. The number of para-hydroxylation sites is 5. The highest BCUT2D eigenvalue weighted by molar-refractivity contribution is 6.02. The van der Waals surface area contributed by atoms with Gasteiger partial charge in [0.15, 0.2) is 11.5 Å². The second-order valence-corrected chi connectivity index (χ2v) is 18.5. The van der Waals surface area contributed by atoms with Gasteiger partial charge in [-0.15, -0.1) is 0 Å². The van der Waals surface area contributed by atoms with Crippen molar-refractivity contribution in [3.05, 3.63) is 259 Å². The molecule has 71 heavy (non-hydrogen) atoms. The summed E-state index contributed by atoms with van der Waals surface area (Å²) in [5, 5.41) is 2.20. The van der Waals surface area contributed by atoms with Crippen LogP contribution in [0.4, 0.5) is 17.1 Å². The largest absolute Gasteiger partial charge is 0.452 e. The fraction of sp³-hybridized carbons (Fsp3) is 0.0154. The first kappa shape index (κ1) is 39.5. The van der Waals surface area contributed by atoms with E-state index in [-0.39, 0.29) is 0 Å². The Labute approximate surface area is 409 Å². The molecule has 8 aromatic carbocycles. The first-order chi connectivity index (χ1) is 35.2. The second-order valence-electron chi connectivity index (χ2n) is 18.5. The molecule has 4 aromatic heterocycles. The first-order valence-corrected chi connectivity index (χ1v) is 24.0. The van der Waals surface area contributed by atoms with Crippen molar-refractivity contribution in [2.75, 3.05) is 4.90 Å². The van der Waals surface area contributed by atoms with Crippen LogP contribution in [-0.4, -0.2) is 19.9 Å². The molecule has 1 unspecified atom stereocenters. The molecule has 6 heteroatoms. The minimum absolute atomic E-state index is 0.672. The van der Waals surface area contributed by atoms with Crippen LogP contribution in [0.25, 0.3) is 89.0 Å². The van der Waals surface area contributed by atoms with Crippen molar-refractivity contribution in [1.82, 2.24) is 19.9 Å². The Morgan fingerprint density at radius 1 is 0.380 bits per heavy atom. The standard InChI is InChI=1S/C65H39N5O/c1-2-20-47(21-3-1)70-56-27-6-7-28-58(56)71-64-57(70)32-30-52-59(64)50-22-4-5-25-51(50)65(52)53-26-13-35-68-62(53)63-54(65)29-31-55(69-63)43-17-8-16-42(36-43)44-37-45(48-23-9-14-40-18-11-33-66-60(40)48)39-46(38-44)49-24-10-15-41-19-12-34-67-61(41)49/h1-39H. The molecule has 0 fully saturated rings. The Morgan fingerprint density at radius 2 is 0.972 bits per heavy atom. The number of hydrogen-bond acceptors (Lipinski definition) is 6. The maximum Gasteiger partial charge on any atom is 0.159 e. The molecule has 1 aliphatic heterocycles. The van der Waals surface area contributed by atoms with Crippen molar-refractivity contribution in [2.45, 2.75) is 5.41 Å². The van der Waals surface area contributed by atoms with Crippen molar-refractivity contribution < 1.29 is 4.74 Å². The third kappa shape index (κ3) is 5.76. The molecule has 15 rings (SSSR count). The Bertz CT molecular complexity index is 4080. The van der Waals surface area contributed by atoms with E-state index in [0.717, 1.165) is 134 Å². The smallest absolute Gasteiger partial charge is 0.159 e. The predicted molar refractivity (Wildman–Crippen MR) is 285 cm³/mol. The Balaban J connectivity index is 0.894. The highest BCUT2D eigenvalue weighted by Crippen LogP contribution is 2.66. The molecular formula is C65H39N5O. The van der Waals surface area contributed by atoms with Crippen LogP contribution in [0, 0.1) is 0 Å². The predicted octanol–water partition coefficient (Wildman–Crippen LogP) is 16.2. The number of pyridine rings is 4. The van der Waals surface area contributed by atoms with E-state index in [1.54, 1.807) is 0 Å². The van der Waals surface area contributed by atoms with Crippen LogP contribution in [0.15, 0.2) is 237 Å². The lowest BCUT2D eigenvalue weighted by molar-refractivity contribution is 0.478. The highest BCUT2D eigenvalue weighted by Gasteiger charge is 2.54. The molecule has 5 heterocycles. The summed E-state index contributed by atoms with van der Waals surface area (Å²) >= 11 is 0. The molecule has 12 aromatic rings. The summed E-state index contributed by atoms with van der Waals surface area (Å²) in [4.78, 5) is 22.8. The number of aromatic nitrogens is 4. The molecule has 1 atom stereocenters. The second kappa shape index (κ2) is 15.2. The maximum atomic E-state index is 7.06. The molecule has 1 spiro atoms. The summed E-state index contributed by atoms with van der Waals surface area (Å²) in [5.74, 6) is 1.66. The molecule has 0 saturated heterocycles. The molecule has 0 amide bonds. The monoisotopic (exact) mass is 905 g/mol. The lowest BCUT2D eigenvalue weighted by Gasteiger charge is -2.35. The van der Waals surface area contributed by atoms with Crippen molar-refractivity contribution in [3.8, 4) is 78.7 Å². The van der Waals surface area contributed by atoms with Gasteiger partial charge in [-0.05, 0) is 129 Å². The van der Waals surface area contributed by atoms with Crippen molar-refractivity contribution in [2.24, 2.45) is 0 Å². The number of anilines is 3. The Morgan fingerprint density at radius 3 is 1.77 bits per heavy atom. The van der Waals surface area contributed by atoms with Crippen molar-refractivity contribution >= 4 is 38.9 Å². The quantitative estimate of drug-likeness (QED) is 0.171. The Hall–Kier alpha value is -9.52. The number of benzene rings is 8. The topological polar surface area (TPSA) is 64.0 Å². The van der Waals surface area contributed by atoms with Gasteiger partial charge < -0.3 is 9.64 Å². The van der Waals surface area contributed by atoms with Gasteiger partial charge in [0.1, 0.15) is 0 Å². The maximum absolute atomic E-state index is 7.06. The average Bonchev–Trinajstić information content (AvgIpc) is 3.92. The van der Waals surface area contributed by atoms with Crippen LogP contribution in [0.3, 0.4) is 0 Å². The molecule has 0 radical (unpaired) electrons. The van der Waals surface area contributed by atoms with Gasteiger partial charge in [0.2, 0.25) is 0 Å². The van der Waals surface area contributed by atoms with Gasteiger partial charge in [-0.25, -0.2) is 4.98 Å². The summed E-state index contributed by atoms with van der Waals surface area (Å²) in [5.41, 5.74) is 21.3. The van der Waals surface area contributed by atoms with Gasteiger partial charge in [-0.3, -0.25) is 15.0 Å². The first-order valence-electron chi connectivity index (χ1n) is 24.0. The van der Waals surface area contributed by atoms with Gasteiger partial charge in [-0.1, -0.05) is 140 Å². The molecule has 0 N–H and O–H groups in total. The van der Waals surface area contributed by atoms with Crippen LogP contribution in [0.5, 0.6) is 11.5 Å². The Kier molecular flexibility index (Phi) is 8.47. The molecule has 0 bridgehead atoms. The van der Waals surface area contributed by atoms with Gasteiger partial charge in [0.25, 0.3) is 0 Å². The van der Waals surface area contributed by atoms with Crippen LogP contribution in [-0.2, 0) is 5.41 Å². The highest BCUT2D eigenvalue weighted by atomic mass is 16.5. The summed E-state index contributed by atoms with van der Waals surface area (Å²) < 4.78 is 7.06. The minimum Gasteiger partial charge on any atom is -0.452 e. The van der Waals surface area contributed by atoms with E-state index >= 15 is 0 Å². The molecule has 3 aliphatic rings. The number of fused-ring (bicyclic) bond motifs is 15. The number of rotatable bonds is 5. The van der Waals surface area contributed by atoms with E-state index in [0.29, 0.717) is 0 Å². The molecular weight excluding hydrogens is 867 g/mol. The summed E-state index contributed by atoms with van der Waals surface area (Å²) in [7, 11) is 0. The van der Waals surface area contributed by atoms with Crippen LogP contribution in [0.1, 0.15) is 22.3 Å². The molecule has 330 valence electrons.